The van der Waals surface area contributed by atoms with Crippen molar-refractivity contribution in [1.29, 1.82) is 0 Å². The van der Waals surface area contributed by atoms with Crippen molar-refractivity contribution in [2.75, 3.05) is 53.1 Å². The normalized spacial score (nSPS) is 16.5. The fourth-order valence-electron chi connectivity index (χ4n) is 2.84. The largest absolute Gasteiger partial charge is 0.416 e. The van der Waals surface area contributed by atoms with Crippen molar-refractivity contribution < 1.29 is 27.4 Å². The molecule has 1 aliphatic rings. The fourth-order valence-corrected chi connectivity index (χ4v) is 2.84. The summed E-state index contributed by atoms with van der Waals surface area (Å²) in [5, 5.41) is 8.86. The molecule has 1 unspecified atom stereocenters. The number of amides is 1. The lowest BCUT2D eigenvalue weighted by Gasteiger charge is -2.13. The van der Waals surface area contributed by atoms with Gasteiger partial charge in [-0.05, 0) is 37.1 Å². The minimum Gasteiger partial charge on any atom is -0.381 e. The van der Waals surface area contributed by atoms with E-state index < -0.39 is 17.6 Å². The molecular formula is C20H30F3IN4O3. The van der Waals surface area contributed by atoms with Crippen LogP contribution in [-0.4, -0.2) is 65.0 Å². The van der Waals surface area contributed by atoms with Crippen LogP contribution >= 0.6 is 24.0 Å². The Kier molecular flexibility index (Phi) is 12.8. The molecule has 1 saturated heterocycles. The summed E-state index contributed by atoms with van der Waals surface area (Å²) in [6, 6.07) is 4.11. The summed E-state index contributed by atoms with van der Waals surface area (Å²) in [7, 11) is 1.65. The molecule has 1 heterocycles. The van der Waals surface area contributed by atoms with E-state index in [1.807, 2.05) is 0 Å². The maximum Gasteiger partial charge on any atom is 0.416 e. The molecule has 1 fully saturated rings. The van der Waals surface area contributed by atoms with E-state index in [0.29, 0.717) is 38.1 Å². The van der Waals surface area contributed by atoms with Crippen LogP contribution in [0.2, 0.25) is 0 Å². The van der Waals surface area contributed by atoms with E-state index in [0.717, 1.165) is 56.9 Å². The summed E-state index contributed by atoms with van der Waals surface area (Å²) in [6.07, 6.45) is -2.53. The van der Waals surface area contributed by atoms with E-state index in [1.54, 1.807) is 7.05 Å². The lowest BCUT2D eigenvalue weighted by Crippen LogP contribution is -2.42. The molecule has 1 aromatic carbocycles. The Hall–Kier alpha value is -1.60. The number of guanidine groups is 1. The van der Waals surface area contributed by atoms with Gasteiger partial charge in [0.15, 0.2) is 5.96 Å². The molecule has 0 aromatic heterocycles. The molecule has 0 radical (unpaired) electrons. The molecule has 176 valence electrons. The van der Waals surface area contributed by atoms with E-state index in [2.05, 4.69) is 20.9 Å². The standard InChI is InChI=1S/C20H29F3N4O3.HI/c1-24-19(26-8-2-11-29-13-15-7-12-30-14-15)27-10-9-25-18(28)16-3-5-17(6-4-16)20(21,22)23;/h3-6,15H,2,7-14H2,1H3,(H,25,28)(H2,24,26,27);1H. The van der Waals surface area contributed by atoms with Gasteiger partial charge in [0.05, 0.1) is 18.8 Å². The lowest BCUT2D eigenvalue weighted by atomic mass is 10.1. The van der Waals surface area contributed by atoms with Crippen molar-refractivity contribution in [2.24, 2.45) is 10.9 Å². The number of carbonyl (C=O) groups excluding carboxylic acids is 1. The smallest absolute Gasteiger partial charge is 0.381 e. The first-order valence-corrected chi connectivity index (χ1v) is 9.95. The van der Waals surface area contributed by atoms with Crippen LogP contribution < -0.4 is 16.0 Å². The van der Waals surface area contributed by atoms with Gasteiger partial charge in [0.2, 0.25) is 0 Å². The highest BCUT2D eigenvalue weighted by atomic mass is 127. The topological polar surface area (TPSA) is 84.0 Å². The Balaban J connectivity index is 0.00000480. The first-order valence-electron chi connectivity index (χ1n) is 9.95. The molecule has 1 aromatic rings. The van der Waals surface area contributed by atoms with Crippen molar-refractivity contribution in [3.05, 3.63) is 35.4 Å². The van der Waals surface area contributed by atoms with Gasteiger partial charge < -0.3 is 25.4 Å². The Morgan fingerprint density at radius 3 is 2.45 bits per heavy atom. The number of hydrogen-bond donors (Lipinski definition) is 3. The Morgan fingerprint density at radius 2 is 1.84 bits per heavy atom. The van der Waals surface area contributed by atoms with Gasteiger partial charge in [-0.25, -0.2) is 0 Å². The van der Waals surface area contributed by atoms with Crippen LogP contribution in [0.5, 0.6) is 0 Å². The molecule has 0 saturated carbocycles. The van der Waals surface area contributed by atoms with Gasteiger partial charge in [-0.1, -0.05) is 0 Å². The number of nitrogens with one attached hydrogen (secondary N) is 3. The highest BCUT2D eigenvalue weighted by molar-refractivity contribution is 14.0. The average molecular weight is 558 g/mol. The maximum atomic E-state index is 12.6. The number of halogens is 4. The van der Waals surface area contributed by atoms with Crippen LogP contribution in [-0.2, 0) is 15.7 Å². The number of hydrogen-bond acceptors (Lipinski definition) is 4. The van der Waals surface area contributed by atoms with Gasteiger partial charge in [0.1, 0.15) is 0 Å². The van der Waals surface area contributed by atoms with Crippen LogP contribution in [0.4, 0.5) is 13.2 Å². The lowest BCUT2D eigenvalue weighted by molar-refractivity contribution is -0.137. The highest BCUT2D eigenvalue weighted by Crippen LogP contribution is 2.29. The minimum atomic E-state index is -4.42. The average Bonchev–Trinajstić information content (AvgIpc) is 3.24. The summed E-state index contributed by atoms with van der Waals surface area (Å²) in [6.45, 7) is 4.40. The van der Waals surface area contributed by atoms with Crippen molar-refractivity contribution in [3.8, 4) is 0 Å². The molecule has 31 heavy (non-hydrogen) atoms. The summed E-state index contributed by atoms with van der Waals surface area (Å²) in [5.74, 6) is 0.673. The molecule has 1 aliphatic heterocycles. The van der Waals surface area contributed by atoms with E-state index in [1.165, 1.54) is 0 Å². The maximum absolute atomic E-state index is 12.6. The fraction of sp³-hybridized carbons (Fsp3) is 0.600. The van der Waals surface area contributed by atoms with Crippen molar-refractivity contribution >= 4 is 35.8 Å². The van der Waals surface area contributed by atoms with Crippen LogP contribution in [0.3, 0.4) is 0 Å². The van der Waals surface area contributed by atoms with Gasteiger partial charge in [-0.15, -0.1) is 24.0 Å². The van der Waals surface area contributed by atoms with Crippen molar-refractivity contribution in [3.63, 3.8) is 0 Å². The molecule has 1 amide bonds. The third-order valence-electron chi connectivity index (χ3n) is 4.54. The second-order valence-electron chi connectivity index (χ2n) is 6.91. The first kappa shape index (κ1) is 27.4. The van der Waals surface area contributed by atoms with Crippen LogP contribution in [0, 0.1) is 5.92 Å². The van der Waals surface area contributed by atoms with Gasteiger partial charge in [0, 0.05) is 51.4 Å². The number of carbonyl (C=O) groups is 1. The van der Waals surface area contributed by atoms with Gasteiger partial charge in [-0.2, -0.15) is 13.2 Å². The second kappa shape index (κ2) is 14.5. The summed E-state index contributed by atoms with van der Waals surface area (Å²) < 4.78 is 48.6. The summed E-state index contributed by atoms with van der Waals surface area (Å²) >= 11 is 0. The SMILES string of the molecule is CN=C(NCCCOCC1CCOC1)NCCNC(=O)c1ccc(C(F)(F)F)cc1.I. The molecule has 2 rings (SSSR count). The number of alkyl halides is 3. The quantitative estimate of drug-likeness (QED) is 0.178. The third kappa shape index (κ3) is 10.5. The predicted octanol–water partition coefficient (Wildman–Crippen LogP) is 2.66. The number of rotatable bonds is 10. The molecule has 11 heteroatoms. The summed E-state index contributed by atoms with van der Waals surface area (Å²) in [5.41, 5.74) is -0.608. The molecule has 1 atom stereocenters. The van der Waals surface area contributed by atoms with Crippen molar-refractivity contribution in [1.82, 2.24) is 16.0 Å². The van der Waals surface area contributed by atoms with Crippen LogP contribution in [0.1, 0.15) is 28.8 Å². The van der Waals surface area contributed by atoms with Gasteiger partial charge in [-0.3, -0.25) is 9.79 Å². The zero-order valence-corrected chi connectivity index (χ0v) is 19.8. The predicted molar refractivity (Wildman–Crippen MR) is 123 cm³/mol. The minimum absolute atomic E-state index is 0. The van der Waals surface area contributed by atoms with Crippen molar-refractivity contribution in [2.45, 2.75) is 19.0 Å². The zero-order chi connectivity index (χ0) is 21.8. The Labute approximate surface area is 197 Å². The van der Waals surface area contributed by atoms with E-state index in [-0.39, 0.29) is 29.5 Å². The molecule has 0 bridgehead atoms. The number of ether oxygens (including phenoxy) is 2. The monoisotopic (exact) mass is 558 g/mol. The number of aliphatic imine (C=N–C) groups is 1. The highest BCUT2D eigenvalue weighted by Gasteiger charge is 2.30. The number of nitrogens with zero attached hydrogens (tertiary/aromatic N) is 1. The van der Waals surface area contributed by atoms with E-state index >= 15 is 0 Å². The van der Waals surface area contributed by atoms with E-state index in [9.17, 15) is 18.0 Å². The zero-order valence-electron chi connectivity index (χ0n) is 17.5. The Morgan fingerprint density at radius 1 is 1.16 bits per heavy atom. The summed E-state index contributed by atoms with van der Waals surface area (Å²) in [4.78, 5) is 16.1. The van der Waals surface area contributed by atoms with Gasteiger partial charge >= 0.3 is 6.18 Å². The molecule has 0 aliphatic carbocycles. The number of benzene rings is 1. The first-order chi connectivity index (χ1) is 14.4. The second-order valence-corrected chi connectivity index (χ2v) is 6.91. The third-order valence-corrected chi connectivity index (χ3v) is 4.54. The molecule has 7 nitrogen and oxygen atoms in total. The van der Waals surface area contributed by atoms with Gasteiger partial charge in [0.25, 0.3) is 5.91 Å². The van der Waals surface area contributed by atoms with Crippen LogP contribution in [0.15, 0.2) is 29.3 Å². The Bertz CT molecular complexity index is 681. The van der Waals surface area contributed by atoms with Crippen LogP contribution in [0.25, 0.3) is 0 Å². The van der Waals surface area contributed by atoms with E-state index in [4.69, 9.17) is 9.47 Å². The molecule has 3 N–H and O–H groups in total. The molecule has 0 spiro atoms. The molecular weight excluding hydrogens is 528 g/mol.